The van der Waals surface area contributed by atoms with E-state index in [1.807, 2.05) is 24.3 Å². The molecule has 34 heavy (non-hydrogen) atoms. The van der Waals surface area contributed by atoms with Crippen molar-refractivity contribution < 1.29 is 24.2 Å². The first kappa shape index (κ1) is 22.4. The van der Waals surface area contributed by atoms with Crippen molar-refractivity contribution in [3.05, 3.63) is 59.7 Å². The van der Waals surface area contributed by atoms with Gasteiger partial charge in [-0.1, -0.05) is 55.0 Å². The van der Waals surface area contributed by atoms with Gasteiger partial charge in [0.15, 0.2) is 0 Å². The van der Waals surface area contributed by atoms with Crippen molar-refractivity contribution in [2.75, 3.05) is 13.2 Å². The Kier molecular flexibility index (Phi) is 6.02. The number of benzene rings is 2. The molecule has 0 bridgehead atoms. The third-order valence-corrected chi connectivity index (χ3v) is 7.66. The molecule has 2 unspecified atom stereocenters. The Bertz CT molecular complexity index is 1060. The average molecular weight is 463 g/mol. The second-order valence-corrected chi connectivity index (χ2v) is 9.83. The summed E-state index contributed by atoms with van der Waals surface area (Å²) in [7, 11) is 0. The molecule has 0 spiro atoms. The number of carboxylic acids is 1. The molecule has 178 valence electrons. The molecule has 2 saturated carbocycles. The van der Waals surface area contributed by atoms with Gasteiger partial charge in [0.1, 0.15) is 6.61 Å². The number of hydrogen-bond acceptors (Lipinski definition) is 4. The summed E-state index contributed by atoms with van der Waals surface area (Å²) in [5.74, 6) is -0.949. The molecule has 2 aromatic carbocycles. The lowest BCUT2D eigenvalue weighted by molar-refractivity contribution is -0.138. The minimum Gasteiger partial charge on any atom is -0.481 e. The first-order chi connectivity index (χ1) is 16.5. The maximum atomic E-state index is 12.9. The lowest BCUT2D eigenvalue weighted by atomic mass is 9.98. The predicted molar refractivity (Wildman–Crippen MR) is 126 cm³/mol. The topological polar surface area (TPSA) is 105 Å². The van der Waals surface area contributed by atoms with Crippen LogP contribution in [-0.4, -0.2) is 42.3 Å². The molecule has 0 radical (unpaired) electrons. The summed E-state index contributed by atoms with van der Waals surface area (Å²) in [6.07, 6.45) is 3.52. The van der Waals surface area contributed by atoms with Crippen molar-refractivity contribution in [2.45, 2.75) is 50.5 Å². The molecule has 0 heterocycles. The lowest BCUT2D eigenvalue weighted by Crippen LogP contribution is -2.46. The van der Waals surface area contributed by atoms with Gasteiger partial charge in [-0.15, -0.1) is 0 Å². The summed E-state index contributed by atoms with van der Waals surface area (Å²) >= 11 is 0. The molecule has 0 saturated heterocycles. The summed E-state index contributed by atoms with van der Waals surface area (Å²) in [4.78, 5) is 36.5. The van der Waals surface area contributed by atoms with E-state index in [4.69, 9.17) is 9.84 Å². The Morgan fingerprint density at radius 2 is 1.62 bits per heavy atom. The fraction of sp³-hybridized carbons (Fsp3) is 0.444. The highest BCUT2D eigenvalue weighted by Gasteiger charge is 2.51. The highest BCUT2D eigenvalue weighted by molar-refractivity contribution is 5.86. The van der Waals surface area contributed by atoms with Crippen LogP contribution < -0.4 is 10.6 Å². The molecule has 0 aromatic heterocycles. The monoisotopic (exact) mass is 462 g/mol. The molecule has 7 heteroatoms. The van der Waals surface area contributed by atoms with E-state index in [0.717, 1.165) is 30.4 Å². The van der Waals surface area contributed by atoms with Crippen LogP contribution in [0.25, 0.3) is 11.1 Å². The van der Waals surface area contributed by atoms with E-state index < -0.39 is 17.5 Å². The van der Waals surface area contributed by atoms with Gasteiger partial charge in [-0.05, 0) is 53.9 Å². The molecule has 3 aliphatic carbocycles. The zero-order valence-corrected chi connectivity index (χ0v) is 19.1. The number of hydrogen-bond donors (Lipinski definition) is 3. The number of rotatable bonds is 8. The molecule has 3 aliphatic rings. The van der Waals surface area contributed by atoms with Crippen molar-refractivity contribution in [2.24, 2.45) is 11.3 Å². The number of carbonyl (C=O) groups excluding carboxylic acids is 2. The van der Waals surface area contributed by atoms with Gasteiger partial charge in [0, 0.05) is 18.5 Å². The van der Waals surface area contributed by atoms with E-state index in [-0.39, 0.29) is 43.4 Å². The van der Waals surface area contributed by atoms with Crippen LogP contribution in [0.3, 0.4) is 0 Å². The Morgan fingerprint density at radius 1 is 0.971 bits per heavy atom. The van der Waals surface area contributed by atoms with Gasteiger partial charge in [0.05, 0.1) is 11.8 Å². The second kappa shape index (κ2) is 9.12. The zero-order chi connectivity index (χ0) is 23.7. The number of amides is 2. The molecular weight excluding hydrogens is 432 g/mol. The van der Waals surface area contributed by atoms with Crippen LogP contribution in [0.4, 0.5) is 4.79 Å². The van der Waals surface area contributed by atoms with Crippen LogP contribution in [0.1, 0.15) is 55.6 Å². The number of nitrogens with one attached hydrogen (secondary N) is 2. The fourth-order valence-electron chi connectivity index (χ4n) is 5.54. The van der Waals surface area contributed by atoms with Gasteiger partial charge in [-0.3, -0.25) is 9.59 Å². The normalized spacial score (nSPS) is 21.9. The molecule has 2 amide bonds. The largest absolute Gasteiger partial charge is 0.481 e. The molecule has 5 rings (SSSR count). The van der Waals surface area contributed by atoms with Crippen LogP contribution in [0.2, 0.25) is 0 Å². The Morgan fingerprint density at radius 3 is 2.24 bits per heavy atom. The Hall–Kier alpha value is -3.35. The maximum absolute atomic E-state index is 12.9. The number of carboxylic acid groups (broad SMARTS) is 1. The fourth-order valence-corrected chi connectivity index (χ4v) is 5.54. The summed E-state index contributed by atoms with van der Waals surface area (Å²) < 4.78 is 5.59. The third-order valence-electron chi connectivity index (χ3n) is 7.66. The van der Waals surface area contributed by atoms with Gasteiger partial charge in [0.25, 0.3) is 0 Å². The average Bonchev–Trinajstić information content (AvgIpc) is 3.42. The summed E-state index contributed by atoms with van der Waals surface area (Å²) in [6, 6.07) is 16.3. The Balaban J connectivity index is 1.14. The quantitative estimate of drug-likeness (QED) is 0.549. The molecule has 7 nitrogen and oxygen atoms in total. The predicted octanol–water partition coefficient (Wildman–Crippen LogP) is 4.06. The summed E-state index contributed by atoms with van der Waals surface area (Å²) in [5.41, 5.74) is 4.05. The maximum Gasteiger partial charge on any atom is 0.407 e. The minimum absolute atomic E-state index is 0.00938. The van der Waals surface area contributed by atoms with Crippen LogP contribution in [0.15, 0.2) is 48.5 Å². The minimum atomic E-state index is -0.829. The van der Waals surface area contributed by atoms with Crippen molar-refractivity contribution in [3.63, 3.8) is 0 Å². The van der Waals surface area contributed by atoms with E-state index in [1.165, 1.54) is 11.1 Å². The molecule has 2 aromatic rings. The van der Waals surface area contributed by atoms with Gasteiger partial charge in [-0.2, -0.15) is 0 Å². The van der Waals surface area contributed by atoms with E-state index in [0.29, 0.717) is 12.8 Å². The number of carbonyl (C=O) groups is 3. The molecular formula is C27H30N2O5. The van der Waals surface area contributed by atoms with E-state index in [1.54, 1.807) is 0 Å². The summed E-state index contributed by atoms with van der Waals surface area (Å²) in [6.45, 7) is 0.462. The zero-order valence-electron chi connectivity index (χ0n) is 19.1. The van der Waals surface area contributed by atoms with E-state index >= 15 is 0 Å². The van der Waals surface area contributed by atoms with Gasteiger partial charge in [0.2, 0.25) is 5.91 Å². The Labute approximate surface area is 198 Å². The first-order valence-corrected chi connectivity index (χ1v) is 12.1. The van der Waals surface area contributed by atoms with E-state index in [9.17, 15) is 14.4 Å². The standard InChI is InChI=1S/C27H30N2O5/c30-24(31)14-17-6-5-11-23(17)29-25(32)27(12-13-27)16-28-26(33)34-15-22-20-9-3-1-7-18(20)19-8-2-4-10-21(19)22/h1-4,7-10,17,22-23H,5-6,11-16H2,(H,28,33)(H,29,32)(H,30,31). The van der Waals surface area contributed by atoms with E-state index in [2.05, 4.69) is 34.9 Å². The lowest BCUT2D eigenvalue weighted by Gasteiger charge is -2.23. The van der Waals surface area contributed by atoms with Crippen LogP contribution in [-0.2, 0) is 14.3 Å². The molecule has 2 fully saturated rings. The number of alkyl carbamates (subject to hydrolysis) is 1. The third kappa shape index (κ3) is 4.39. The van der Waals surface area contributed by atoms with Crippen LogP contribution >= 0.6 is 0 Å². The first-order valence-electron chi connectivity index (χ1n) is 12.1. The smallest absolute Gasteiger partial charge is 0.407 e. The van der Waals surface area contributed by atoms with Gasteiger partial charge < -0.3 is 20.5 Å². The van der Waals surface area contributed by atoms with Crippen LogP contribution in [0, 0.1) is 11.3 Å². The highest BCUT2D eigenvalue weighted by atomic mass is 16.5. The van der Waals surface area contributed by atoms with Gasteiger partial charge in [-0.25, -0.2) is 4.79 Å². The van der Waals surface area contributed by atoms with Crippen molar-refractivity contribution in [1.29, 1.82) is 0 Å². The molecule has 3 N–H and O–H groups in total. The van der Waals surface area contributed by atoms with Crippen LogP contribution in [0.5, 0.6) is 0 Å². The van der Waals surface area contributed by atoms with Crippen molar-refractivity contribution >= 4 is 18.0 Å². The number of fused-ring (bicyclic) bond motifs is 3. The SMILES string of the molecule is O=C(O)CC1CCCC1NC(=O)C1(CNC(=O)OCC2c3ccccc3-c3ccccc32)CC1. The summed E-state index contributed by atoms with van der Waals surface area (Å²) in [5, 5.41) is 15.0. The number of ether oxygens (including phenoxy) is 1. The molecule has 2 atom stereocenters. The van der Waals surface area contributed by atoms with Crippen molar-refractivity contribution in [3.8, 4) is 11.1 Å². The molecule has 0 aliphatic heterocycles. The second-order valence-electron chi connectivity index (χ2n) is 9.83. The highest BCUT2D eigenvalue weighted by Crippen LogP contribution is 2.46. The van der Waals surface area contributed by atoms with Gasteiger partial charge >= 0.3 is 12.1 Å². The number of aliphatic carboxylic acids is 1. The van der Waals surface area contributed by atoms with Crippen molar-refractivity contribution in [1.82, 2.24) is 10.6 Å².